The fourth-order valence-corrected chi connectivity index (χ4v) is 3.51. The van der Waals surface area contributed by atoms with Crippen molar-refractivity contribution >= 4 is 5.69 Å². The molecule has 1 N–H and O–H groups in total. The van der Waals surface area contributed by atoms with E-state index in [0.717, 1.165) is 12.0 Å². The summed E-state index contributed by atoms with van der Waals surface area (Å²) in [4.78, 5) is 2.59. The van der Waals surface area contributed by atoms with Gasteiger partial charge in [-0.05, 0) is 43.9 Å². The molecule has 0 bridgehead atoms. The Kier molecular flexibility index (Phi) is 3.06. The summed E-state index contributed by atoms with van der Waals surface area (Å²) in [7, 11) is 2.11. The summed E-state index contributed by atoms with van der Waals surface area (Å²) in [6.07, 6.45) is 5.37. The van der Waals surface area contributed by atoms with Gasteiger partial charge in [0.2, 0.25) is 0 Å². The lowest BCUT2D eigenvalue weighted by atomic mass is 10.0. The zero-order valence-corrected chi connectivity index (χ0v) is 10.7. The Balaban J connectivity index is 1.71. The molecule has 2 atom stereocenters. The predicted octanol–water partition coefficient (Wildman–Crippen LogP) is 2.44. The van der Waals surface area contributed by atoms with Crippen LogP contribution < -0.4 is 10.2 Å². The maximum atomic E-state index is 3.49. The molecule has 1 aliphatic carbocycles. The minimum atomic E-state index is 0.739. The summed E-state index contributed by atoms with van der Waals surface area (Å²) in [5, 5.41) is 3.49. The van der Waals surface area contributed by atoms with Crippen LogP contribution in [0.15, 0.2) is 24.3 Å². The van der Waals surface area contributed by atoms with Crippen LogP contribution in [0.3, 0.4) is 0 Å². The lowest BCUT2D eigenvalue weighted by Crippen LogP contribution is -2.37. The Hall–Kier alpha value is -1.02. The Morgan fingerprint density at radius 1 is 1.29 bits per heavy atom. The molecule has 2 unspecified atom stereocenters. The van der Waals surface area contributed by atoms with Crippen molar-refractivity contribution in [2.75, 3.05) is 25.0 Å². The second kappa shape index (κ2) is 4.69. The van der Waals surface area contributed by atoms with Gasteiger partial charge in [-0.2, -0.15) is 0 Å². The van der Waals surface area contributed by atoms with Crippen LogP contribution in [-0.4, -0.2) is 26.2 Å². The van der Waals surface area contributed by atoms with Gasteiger partial charge in [-0.3, -0.25) is 0 Å². The van der Waals surface area contributed by atoms with E-state index >= 15 is 0 Å². The van der Waals surface area contributed by atoms with E-state index in [0.29, 0.717) is 0 Å². The van der Waals surface area contributed by atoms with E-state index in [2.05, 4.69) is 41.5 Å². The topological polar surface area (TPSA) is 15.3 Å². The van der Waals surface area contributed by atoms with Gasteiger partial charge in [0, 0.05) is 24.8 Å². The predicted molar refractivity (Wildman–Crippen MR) is 72.5 cm³/mol. The number of benzene rings is 1. The number of hydrogen-bond acceptors (Lipinski definition) is 2. The highest BCUT2D eigenvalue weighted by Gasteiger charge is 2.29. The van der Waals surface area contributed by atoms with Crippen LogP contribution in [-0.2, 0) is 6.42 Å². The third-order valence-electron chi connectivity index (χ3n) is 4.47. The highest BCUT2D eigenvalue weighted by Crippen LogP contribution is 2.32. The molecule has 1 heterocycles. The van der Waals surface area contributed by atoms with Gasteiger partial charge < -0.3 is 10.2 Å². The van der Waals surface area contributed by atoms with E-state index in [1.807, 2.05) is 0 Å². The van der Waals surface area contributed by atoms with E-state index in [1.54, 1.807) is 0 Å². The van der Waals surface area contributed by atoms with Gasteiger partial charge >= 0.3 is 0 Å². The zero-order chi connectivity index (χ0) is 11.7. The standard InChI is InChI=1S/C15H22N2/c1-16-14-7-4-6-13(14)11-17-10-9-12-5-2-3-8-15(12)17/h2-3,5,8,13-14,16H,4,6-7,9-11H2,1H3. The lowest BCUT2D eigenvalue weighted by Gasteiger charge is -2.27. The Morgan fingerprint density at radius 2 is 2.18 bits per heavy atom. The molecular weight excluding hydrogens is 208 g/mol. The maximum absolute atomic E-state index is 3.49. The molecule has 0 radical (unpaired) electrons. The molecule has 2 nitrogen and oxygen atoms in total. The minimum Gasteiger partial charge on any atom is -0.371 e. The minimum absolute atomic E-state index is 0.739. The molecule has 2 heteroatoms. The van der Waals surface area contributed by atoms with Crippen LogP contribution in [0.5, 0.6) is 0 Å². The lowest BCUT2D eigenvalue weighted by molar-refractivity contribution is 0.425. The van der Waals surface area contributed by atoms with Crippen LogP contribution in [0.4, 0.5) is 5.69 Å². The summed E-state index contributed by atoms with van der Waals surface area (Å²) in [6.45, 7) is 2.45. The molecule has 2 aliphatic rings. The first-order valence-electron chi connectivity index (χ1n) is 6.88. The van der Waals surface area contributed by atoms with E-state index < -0.39 is 0 Å². The van der Waals surface area contributed by atoms with E-state index in [1.165, 1.54) is 50.0 Å². The van der Waals surface area contributed by atoms with Gasteiger partial charge in [0.1, 0.15) is 0 Å². The molecule has 0 amide bonds. The highest BCUT2D eigenvalue weighted by atomic mass is 15.2. The van der Waals surface area contributed by atoms with Crippen LogP contribution in [0.25, 0.3) is 0 Å². The monoisotopic (exact) mass is 230 g/mol. The van der Waals surface area contributed by atoms with Gasteiger partial charge in [0.05, 0.1) is 0 Å². The van der Waals surface area contributed by atoms with Crippen molar-refractivity contribution in [3.8, 4) is 0 Å². The fraction of sp³-hybridized carbons (Fsp3) is 0.600. The number of fused-ring (bicyclic) bond motifs is 1. The summed E-state index contributed by atoms with van der Waals surface area (Å²) in [5.41, 5.74) is 3.01. The average Bonchev–Trinajstić information content (AvgIpc) is 2.97. The number of nitrogens with zero attached hydrogens (tertiary/aromatic N) is 1. The van der Waals surface area contributed by atoms with Crippen LogP contribution in [0.2, 0.25) is 0 Å². The Bertz CT molecular complexity index is 388. The van der Waals surface area contributed by atoms with Crippen molar-refractivity contribution in [2.45, 2.75) is 31.7 Å². The van der Waals surface area contributed by atoms with Crippen LogP contribution >= 0.6 is 0 Å². The van der Waals surface area contributed by atoms with Crippen molar-refractivity contribution in [1.82, 2.24) is 5.32 Å². The smallest absolute Gasteiger partial charge is 0.0399 e. The first-order chi connectivity index (χ1) is 8.38. The molecule has 1 saturated carbocycles. The molecule has 92 valence electrons. The summed E-state index contributed by atoms with van der Waals surface area (Å²) in [6, 6.07) is 9.63. The number of anilines is 1. The van der Waals surface area contributed by atoms with Gasteiger partial charge in [0.15, 0.2) is 0 Å². The zero-order valence-electron chi connectivity index (χ0n) is 10.7. The van der Waals surface area contributed by atoms with Crippen molar-refractivity contribution < 1.29 is 0 Å². The average molecular weight is 230 g/mol. The second-order valence-corrected chi connectivity index (χ2v) is 5.41. The van der Waals surface area contributed by atoms with Gasteiger partial charge in [-0.15, -0.1) is 0 Å². The molecule has 0 saturated heterocycles. The molecule has 17 heavy (non-hydrogen) atoms. The molecule has 3 rings (SSSR count). The van der Waals surface area contributed by atoms with Gasteiger partial charge in [-0.25, -0.2) is 0 Å². The van der Waals surface area contributed by atoms with Crippen LogP contribution in [0.1, 0.15) is 24.8 Å². The Morgan fingerprint density at radius 3 is 3.06 bits per heavy atom. The molecule has 1 aromatic rings. The van der Waals surface area contributed by atoms with Gasteiger partial charge in [0.25, 0.3) is 0 Å². The number of hydrogen-bond donors (Lipinski definition) is 1. The third kappa shape index (κ3) is 2.06. The number of nitrogens with one attached hydrogen (secondary N) is 1. The molecule has 1 aliphatic heterocycles. The summed E-state index contributed by atoms with van der Waals surface area (Å²) < 4.78 is 0. The third-order valence-corrected chi connectivity index (χ3v) is 4.47. The van der Waals surface area contributed by atoms with E-state index in [-0.39, 0.29) is 0 Å². The van der Waals surface area contributed by atoms with E-state index in [9.17, 15) is 0 Å². The first-order valence-corrected chi connectivity index (χ1v) is 6.88. The SMILES string of the molecule is CNC1CCCC1CN1CCc2ccccc21. The molecule has 0 aromatic heterocycles. The van der Waals surface area contributed by atoms with Crippen LogP contribution in [0, 0.1) is 5.92 Å². The fourth-order valence-electron chi connectivity index (χ4n) is 3.51. The van der Waals surface area contributed by atoms with E-state index in [4.69, 9.17) is 0 Å². The summed E-state index contributed by atoms with van der Waals surface area (Å²) >= 11 is 0. The van der Waals surface area contributed by atoms with Crippen molar-refractivity contribution in [3.05, 3.63) is 29.8 Å². The maximum Gasteiger partial charge on any atom is 0.0399 e. The first kappa shape index (κ1) is 11.1. The number of rotatable bonds is 3. The molecular formula is C15H22N2. The highest BCUT2D eigenvalue weighted by molar-refractivity contribution is 5.57. The largest absolute Gasteiger partial charge is 0.371 e. The molecule has 0 spiro atoms. The van der Waals surface area contributed by atoms with Gasteiger partial charge in [-0.1, -0.05) is 24.6 Å². The Labute approximate surface area is 104 Å². The van der Waals surface area contributed by atoms with Crippen molar-refractivity contribution in [3.63, 3.8) is 0 Å². The van der Waals surface area contributed by atoms with Crippen molar-refractivity contribution in [2.24, 2.45) is 5.92 Å². The second-order valence-electron chi connectivity index (χ2n) is 5.41. The summed E-state index contributed by atoms with van der Waals surface area (Å²) in [5.74, 6) is 0.839. The number of para-hydroxylation sites is 1. The quantitative estimate of drug-likeness (QED) is 0.858. The van der Waals surface area contributed by atoms with Crippen molar-refractivity contribution in [1.29, 1.82) is 0 Å². The molecule has 1 fully saturated rings. The normalized spacial score (nSPS) is 27.5. The molecule has 1 aromatic carbocycles.